The Balaban J connectivity index is 2.88. The van der Waals surface area contributed by atoms with Gasteiger partial charge in [0.1, 0.15) is 13.6 Å². The first-order valence-electron chi connectivity index (χ1n) is 3.28. The minimum absolute atomic E-state index is 0.232. The summed E-state index contributed by atoms with van der Waals surface area (Å²) in [6.07, 6.45) is 1.18. The Morgan fingerprint density at radius 3 is 2.22 bits per heavy atom. The zero-order valence-electron chi connectivity index (χ0n) is 6.24. The minimum atomic E-state index is 0.232. The molecule has 1 rings (SSSR count). The molecule has 0 bridgehead atoms. The molecular formula is C7H13ClN+. The third-order valence-electron chi connectivity index (χ3n) is 1.97. The second-order valence-electron chi connectivity index (χ2n) is 3.35. The van der Waals surface area contributed by atoms with E-state index in [9.17, 15) is 0 Å². The van der Waals surface area contributed by atoms with Crippen molar-refractivity contribution >= 4 is 16.8 Å². The standard InChI is InChI=1S/C7H13ClN/c1-7(2)4-5-9(3)6(7)8/h4-5H2,1-3H3/q+1. The summed E-state index contributed by atoms with van der Waals surface area (Å²) in [5.74, 6) is 0. The third kappa shape index (κ3) is 1.11. The molecule has 52 valence electrons. The highest BCUT2D eigenvalue weighted by molar-refractivity contribution is 6.65. The molecule has 1 nitrogen and oxygen atoms in total. The summed E-state index contributed by atoms with van der Waals surface area (Å²) in [5.41, 5.74) is 0.232. The van der Waals surface area contributed by atoms with E-state index in [0.29, 0.717) is 0 Å². The number of hydrogen-bond acceptors (Lipinski definition) is 0. The molecule has 0 spiro atoms. The van der Waals surface area contributed by atoms with Gasteiger partial charge in [-0.25, -0.2) is 4.58 Å². The average molecular weight is 147 g/mol. The van der Waals surface area contributed by atoms with Crippen molar-refractivity contribution in [3.8, 4) is 0 Å². The van der Waals surface area contributed by atoms with E-state index in [1.807, 2.05) is 7.05 Å². The summed E-state index contributed by atoms with van der Waals surface area (Å²) < 4.78 is 2.11. The maximum Gasteiger partial charge on any atom is 0.250 e. The molecule has 0 unspecified atom stereocenters. The van der Waals surface area contributed by atoms with Crippen molar-refractivity contribution in [3.63, 3.8) is 0 Å². The molecule has 0 atom stereocenters. The van der Waals surface area contributed by atoms with E-state index in [2.05, 4.69) is 18.4 Å². The molecule has 1 aliphatic rings. The second kappa shape index (κ2) is 1.98. The first kappa shape index (κ1) is 7.07. The van der Waals surface area contributed by atoms with Crippen molar-refractivity contribution < 1.29 is 4.58 Å². The Bertz CT molecular complexity index is 158. The zero-order chi connectivity index (χ0) is 7.07. The summed E-state index contributed by atoms with van der Waals surface area (Å²) in [6, 6.07) is 0. The van der Waals surface area contributed by atoms with Crippen LogP contribution in [0.15, 0.2) is 0 Å². The monoisotopic (exact) mass is 146 g/mol. The molecular weight excluding hydrogens is 134 g/mol. The van der Waals surface area contributed by atoms with Crippen LogP contribution < -0.4 is 0 Å². The second-order valence-corrected chi connectivity index (χ2v) is 3.70. The van der Waals surface area contributed by atoms with Gasteiger partial charge in [-0.2, -0.15) is 0 Å². The molecule has 0 aliphatic carbocycles. The number of nitrogens with zero attached hydrogens (tertiary/aromatic N) is 1. The van der Waals surface area contributed by atoms with E-state index in [1.165, 1.54) is 6.42 Å². The molecule has 9 heavy (non-hydrogen) atoms. The largest absolute Gasteiger partial charge is 0.250 e. The maximum atomic E-state index is 6.00. The van der Waals surface area contributed by atoms with Gasteiger partial charge in [-0.05, 0) is 25.4 Å². The first-order chi connectivity index (χ1) is 4.04. The summed E-state index contributed by atoms with van der Waals surface area (Å²) in [5, 5.41) is 1.00. The Hall–Kier alpha value is -0.0400. The molecule has 0 saturated carbocycles. The van der Waals surface area contributed by atoms with Crippen LogP contribution in [0, 0.1) is 5.41 Å². The molecule has 0 amide bonds. The fraction of sp³-hybridized carbons (Fsp3) is 0.857. The predicted molar refractivity (Wildman–Crippen MR) is 40.3 cm³/mol. The lowest BCUT2D eigenvalue weighted by Crippen LogP contribution is -2.16. The van der Waals surface area contributed by atoms with E-state index in [-0.39, 0.29) is 5.41 Å². The van der Waals surface area contributed by atoms with Crippen molar-refractivity contribution in [2.75, 3.05) is 13.6 Å². The normalized spacial score (nSPS) is 25.3. The van der Waals surface area contributed by atoms with Crippen LogP contribution in [0.5, 0.6) is 0 Å². The maximum absolute atomic E-state index is 6.00. The molecule has 0 N–H and O–H groups in total. The molecule has 0 aromatic rings. The van der Waals surface area contributed by atoms with Crippen LogP contribution in [0.1, 0.15) is 20.3 Å². The van der Waals surface area contributed by atoms with Gasteiger partial charge in [0.05, 0.1) is 5.41 Å². The van der Waals surface area contributed by atoms with Gasteiger partial charge in [0, 0.05) is 6.42 Å². The number of rotatable bonds is 0. The van der Waals surface area contributed by atoms with Gasteiger partial charge in [0.25, 0.3) is 5.17 Å². The molecule has 1 aliphatic heterocycles. The van der Waals surface area contributed by atoms with Gasteiger partial charge in [0.15, 0.2) is 0 Å². The van der Waals surface area contributed by atoms with Crippen LogP contribution in [0.4, 0.5) is 0 Å². The van der Waals surface area contributed by atoms with Gasteiger partial charge in [-0.15, -0.1) is 0 Å². The van der Waals surface area contributed by atoms with Crippen LogP contribution >= 0.6 is 11.6 Å². The first-order valence-corrected chi connectivity index (χ1v) is 3.66. The van der Waals surface area contributed by atoms with E-state index < -0.39 is 0 Å². The van der Waals surface area contributed by atoms with Crippen LogP contribution in [0.3, 0.4) is 0 Å². The summed E-state index contributed by atoms with van der Waals surface area (Å²) in [6.45, 7) is 5.46. The smallest absolute Gasteiger partial charge is 0.226 e. The summed E-state index contributed by atoms with van der Waals surface area (Å²) >= 11 is 6.00. The van der Waals surface area contributed by atoms with Crippen LogP contribution in [-0.4, -0.2) is 23.3 Å². The molecule has 0 aromatic heterocycles. The molecule has 2 heteroatoms. The molecule has 0 aromatic carbocycles. The summed E-state index contributed by atoms with van der Waals surface area (Å²) in [7, 11) is 2.04. The average Bonchev–Trinajstić information content (AvgIpc) is 1.97. The Morgan fingerprint density at radius 2 is 2.11 bits per heavy atom. The molecule has 1 heterocycles. The predicted octanol–water partition coefficient (Wildman–Crippen LogP) is 1.70. The highest BCUT2D eigenvalue weighted by atomic mass is 35.5. The van der Waals surface area contributed by atoms with E-state index in [1.54, 1.807) is 0 Å². The lowest BCUT2D eigenvalue weighted by Gasteiger charge is -2.08. The van der Waals surface area contributed by atoms with E-state index in [0.717, 1.165) is 11.7 Å². The highest BCUT2D eigenvalue weighted by Gasteiger charge is 2.36. The van der Waals surface area contributed by atoms with Crippen molar-refractivity contribution in [2.24, 2.45) is 5.41 Å². The van der Waals surface area contributed by atoms with Crippen LogP contribution in [-0.2, 0) is 0 Å². The Labute approximate surface area is 61.3 Å². The Kier molecular flexibility index (Phi) is 1.55. The van der Waals surface area contributed by atoms with Crippen LogP contribution in [0.2, 0.25) is 0 Å². The van der Waals surface area contributed by atoms with E-state index >= 15 is 0 Å². The van der Waals surface area contributed by atoms with Crippen molar-refractivity contribution in [1.82, 2.24) is 0 Å². The highest BCUT2D eigenvalue weighted by Crippen LogP contribution is 2.28. The van der Waals surface area contributed by atoms with E-state index in [4.69, 9.17) is 11.6 Å². The lowest BCUT2D eigenvalue weighted by atomic mass is 9.93. The Morgan fingerprint density at radius 1 is 1.56 bits per heavy atom. The topological polar surface area (TPSA) is 3.01 Å². The van der Waals surface area contributed by atoms with Gasteiger partial charge >= 0.3 is 0 Å². The summed E-state index contributed by atoms with van der Waals surface area (Å²) in [4.78, 5) is 0. The van der Waals surface area contributed by atoms with Gasteiger partial charge in [0.2, 0.25) is 0 Å². The fourth-order valence-electron chi connectivity index (χ4n) is 1.17. The lowest BCUT2D eigenvalue weighted by molar-refractivity contribution is -0.486. The van der Waals surface area contributed by atoms with Crippen LogP contribution in [0.25, 0.3) is 0 Å². The minimum Gasteiger partial charge on any atom is -0.226 e. The number of hydrogen-bond donors (Lipinski definition) is 0. The van der Waals surface area contributed by atoms with Gasteiger partial charge in [-0.1, -0.05) is 0 Å². The SMILES string of the molecule is C[N+]1=C(Cl)C(C)(C)CC1. The van der Waals surface area contributed by atoms with Crippen molar-refractivity contribution in [1.29, 1.82) is 0 Å². The fourth-order valence-corrected chi connectivity index (χ4v) is 1.34. The molecule has 0 fully saturated rings. The quantitative estimate of drug-likeness (QED) is 0.458. The number of halogens is 1. The zero-order valence-corrected chi connectivity index (χ0v) is 7.00. The van der Waals surface area contributed by atoms with Gasteiger partial charge < -0.3 is 0 Å². The molecule has 0 radical (unpaired) electrons. The third-order valence-corrected chi connectivity index (χ3v) is 2.77. The van der Waals surface area contributed by atoms with Crippen molar-refractivity contribution in [3.05, 3.63) is 0 Å². The van der Waals surface area contributed by atoms with Crippen molar-refractivity contribution in [2.45, 2.75) is 20.3 Å². The molecule has 0 saturated heterocycles. The van der Waals surface area contributed by atoms with Gasteiger partial charge in [-0.3, -0.25) is 0 Å².